The van der Waals surface area contributed by atoms with Gasteiger partial charge in [-0.15, -0.1) is 0 Å². The molecule has 2 rings (SSSR count). The lowest BCUT2D eigenvalue weighted by Crippen LogP contribution is -2.24. The largest absolute Gasteiger partial charge is 0.496 e. The van der Waals surface area contributed by atoms with Crippen LogP contribution in [0.25, 0.3) is 0 Å². The summed E-state index contributed by atoms with van der Waals surface area (Å²) in [6, 6.07) is 11.0. The molecule has 1 N–H and O–H groups in total. The molecule has 0 saturated heterocycles. The predicted octanol–water partition coefficient (Wildman–Crippen LogP) is 2.62. The van der Waals surface area contributed by atoms with Gasteiger partial charge in [-0.25, -0.2) is 0 Å². The lowest BCUT2D eigenvalue weighted by atomic mass is 10.2. The fraction of sp³-hybridized carbons (Fsp3) is 0.143. The first-order chi connectivity index (χ1) is 9.22. The number of hydrogen-bond acceptors (Lipinski definition) is 3. The van der Waals surface area contributed by atoms with E-state index in [1.54, 1.807) is 31.5 Å². The molecule has 4 nitrogen and oxygen atoms in total. The van der Waals surface area contributed by atoms with Gasteiger partial charge in [0.25, 0.3) is 5.91 Å². The summed E-state index contributed by atoms with van der Waals surface area (Å²) in [5.41, 5.74) is 1.38. The molecule has 0 unspecified atom stereocenters. The fourth-order valence-electron chi connectivity index (χ4n) is 1.66. The second-order valence-corrected chi connectivity index (χ2v) is 4.98. The van der Waals surface area contributed by atoms with Crippen LogP contribution in [0.3, 0.4) is 0 Å². The quantitative estimate of drug-likeness (QED) is 0.845. The van der Waals surface area contributed by atoms with E-state index in [-0.39, 0.29) is 5.91 Å². The van der Waals surface area contributed by atoms with Crippen LogP contribution in [0.15, 0.2) is 42.6 Å². The van der Waals surface area contributed by atoms with Gasteiger partial charge in [-0.1, -0.05) is 12.1 Å². The molecule has 5 heteroatoms. The third kappa shape index (κ3) is 3.44. The summed E-state index contributed by atoms with van der Waals surface area (Å²) in [6.07, 6.45) is 1.60. The van der Waals surface area contributed by atoms with Crippen molar-refractivity contribution in [2.24, 2.45) is 0 Å². The van der Waals surface area contributed by atoms with E-state index in [9.17, 15) is 4.79 Å². The number of aromatic nitrogens is 1. The first-order valence-electron chi connectivity index (χ1n) is 5.73. The number of hydrogen-bond donors (Lipinski definition) is 1. The van der Waals surface area contributed by atoms with Crippen molar-refractivity contribution < 1.29 is 9.53 Å². The van der Waals surface area contributed by atoms with Crippen LogP contribution in [0.5, 0.6) is 5.75 Å². The van der Waals surface area contributed by atoms with Gasteiger partial charge in [0.1, 0.15) is 11.4 Å². The third-order valence-corrected chi connectivity index (χ3v) is 3.63. The summed E-state index contributed by atoms with van der Waals surface area (Å²) < 4.78 is 6.35. The van der Waals surface area contributed by atoms with Gasteiger partial charge in [-0.2, -0.15) is 0 Å². The van der Waals surface area contributed by atoms with Crippen molar-refractivity contribution in [1.29, 1.82) is 0 Å². The van der Waals surface area contributed by atoms with Crippen LogP contribution in [0.4, 0.5) is 0 Å². The minimum absolute atomic E-state index is 0.192. The molecule has 0 aliphatic carbocycles. The number of halogens is 1. The zero-order chi connectivity index (χ0) is 13.7. The number of methoxy groups -OCH3 is 1. The van der Waals surface area contributed by atoms with Crippen LogP contribution >= 0.6 is 22.6 Å². The highest BCUT2D eigenvalue weighted by atomic mass is 127. The Morgan fingerprint density at radius 3 is 2.84 bits per heavy atom. The summed E-state index contributed by atoms with van der Waals surface area (Å²) in [6.45, 7) is 0.414. The highest BCUT2D eigenvalue weighted by Gasteiger charge is 2.10. The zero-order valence-electron chi connectivity index (χ0n) is 10.4. The number of rotatable bonds is 4. The molecule has 0 bridgehead atoms. The molecule has 2 aromatic rings. The van der Waals surface area contributed by atoms with Crippen molar-refractivity contribution in [2.45, 2.75) is 6.54 Å². The normalized spacial score (nSPS) is 10.0. The highest BCUT2D eigenvalue weighted by Crippen LogP contribution is 2.23. The van der Waals surface area contributed by atoms with Crippen molar-refractivity contribution in [3.8, 4) is 5.75 Å². The van der Waals surface area contributed by atoms with Crippen molar-refractivity contribution in [3.63, 3.8) is 0 Å². The molecule has 0 radical (unpaired) electrons. The van der Waals surface area contributed by atoms with E-state index in [2.05, 4.69) is 32.9 Å². The maximum absolute atomic E-state index is 11.9. The van der Waals surface area contributed by atoms with E-state index < -0.39 is 0 Å². The molecule has 0 fully saturated rings. The number of ether oxygens (including phenoxy) is 1. The predicted molar refractivity (Wildman–Crippen MR) is 81.1 cm³/mol. The second kappa shape index (κ2) is 6.51. The summed E-state index contributed by atoms with van der Waals surface area (Å²) in [5.74, 6) is 0.579. The summed E-state index contributed by atoms with van der Waals surface area (Å²) in [5, 5.41) is 2.84. The van der Waals surface area contributed by atoms with Gasteiger partial charge in [-0.05, 0) is 46.9 Å². The lowest BCUT2D eigenvalue weighted by molar-refractivity contribution is 0.0945. The smallest absolute Gasteiger partial charge is 0.270 e. The van der Waals surface area contributed by atoms with Gasteiger partial charge in [0.15, 0.2) is 0 Å². The van der Waals surface area contributed by atoms with Crippen LogP contribution in [0, 0.1) is 3.57 Å². The van der Waals surface area contributed by atoms with Gasteiger partial charge < -0.3 is 10.1 Å². The number of amides is 1. The van der Waals surface area contributed by atoms with Crippen molar-refractivity contribution in [1.82, 2.24) is 10.3 Å². The molecule has 1 aromatic heterocycles. The SMILES string of the molecule is COc1cccc(I)c1CNC(=O)c1ccccn1. The molecular formula is C14H13IN2O2. The number of carbonyl (C=O) groups excluding carboxylic acids is 1. The maximum atomic E-state index is 11.9. The van der Waals surface area contributed by atoms with E-state index in [0.29, 0.717) is 12.2 Å². The van der Waals surface area contributed by atoms with Crippen molar-refractivity contribution in [3.05, 3.63) is 57.4 Å². The molecule has 19 heavy (non-hydrogen) atoms. The Labute approximate surface area is 125 Å². The number of nitrogens with zero attached hydrogens (tertiary/aromatic N) is 1. The molecule has 1 amide bonds. The van der Waals surface area contributed by atoms with Gasteiger partial charge in [0, 0.05) is 21.9 Å². The Balaban J connectivity index is 2.09. The molecule has 1 heterocycles. The van der Waals surface area contributed by atoms with Crippen molar-refractivity contribution in [2.75, 3.05) is 7.11 Å². The Kier molecular flexibility index (Phi) is 4.73. The molecule has 1 aromatic carbocycles. The number of carbonyl (C=O) groups is 1. The monoisotopic (exact) mass is 368 g/mol. The zero-order valence-corrected chi connectivity index (χ0v) is 12.5. The standard InChI is InChI=1S/C14H13IN2O2/c1-19-13-7-4-5-11(15)10(13)9-17-14(18)12-6-2-3-8-16-12/h2-8H,9H2,1H3,(H,17,18). The van der Waals surface area contributed by atoms with Crippen LogP contribution in [0.2, 0.25) is 0 Å². The van der Waals surface area contributed by atoms with E-state index in [1.165, 1.54) is 0 Å². The van der Waals surface area contributed by atoms with Crippen molar-refractivity contribution >= 4 is 28.5 Å². The number of pyridine rings is 1. The van der Waals surface area contributed by atoms with Gasteiger partial charge in [-0.3, -0.25) is 9.78 Å². The Bertz CT molecular complexity index is 573. The molecule has 0 aliphatic heterocycles. The lowest BCUT2D eigenvalue weighted by Gasteiger charge is -2.11. The first-order valence-corrected chi connectivity index (χ1v) is 6.81. The molecule has 0 spiro atoms. The summed E-state index contributed by atoms with van der Waals surface area (Å²) in [7, 11) is 1.62. The van der Waals surface area contributed by atoms with Crippen LogP contribution in [0.1, 0.15) is 16.1 Å². The first kappa shape index (κ1) is 13.8. The summed E-state index contributed by atoms with van der Waals surface area (Å²) >= 11 is 2.22. The Morgan fingerprint density at radius 1 is 1.32 bits per heavy atom. The fourth-order valence-corrected chi connectivity index (χ4v) is 2.32. The molecule has 98 valence electrons. The molecule has 0 saturated carbocycles. The average Bonchev–Trinajstić information content (AvgIpc) is 2.46. The van der Waals surface area contributed by atoms with Crippen LogP contribution in [-0.4, -0.2) is 18.0 Å². The van der Waals surface area contributed by atoms with Crippen LogP contribution < -0.4 is 10.1 Å². The second-order valence-electron chi connectivity index (χ2n) is 3.82. The Morgan fingerprint density at radius 2 is 2.16 bits per heavy atom. The average molecular weight is 368 g/mol. The van der Waals surface area contributed by atoms with Gasteiger partial charge in [0.2, 0.25) is 0 Å². The molecular weight excluding hydrogens is 355 g/mol. The van der Waals surface area contributed by atoms with E-state index in [1.807, 2.05) is 18.2 Å². The van der Waals surface area contributed by atoms with E-state index >= 15 is 0 Å². The van der Waals surface area contributed by atoms with Crippen LogP contribution in [-0.2, 0) is 6.54 Å². The van der Waals surface area contributed by atoms with Gasteiger partial charge >= 0.3 is 0 Å². The minimum Gasteiger partial charge on any atom is -0.496 e. The summed E-state index contributed by atoms with van der Waals surface area (Å²) in [4.78, 5) is 15.9. The maximum Gasteiger partial charge on any atom is 0.270 e. The topological polar surface area (TPSA) is 51.2 Å². The number of nitrogens with one attached hydrogen (secondary N) is 1. The van der Waals surface area contributed by atoms with Gasteiger partial charge in [0.05, 0.1) is 7.11 Å². The minimum atomic E-state index is -0.192. The molecule has 0 atom stereocenters. The third-order valence-electron chi connectivity index (χ3n) is 2.62. The van der Waals surface area contributed by atoms with E-state index in [0.717, 1.165) is 14.9 Å². The van der Waals surface area contributed by atoms with E-state index in [4.69, 9.17) is 4.74 Å². The number of benzene rings is 1. The molecule has 0 aliphatic rings. The highest BCUT2D eigenvalue weighted by molar-refractivity contribution is 14.1. The Hall–Kier alpha value is -1.63.